The van der Waals surface area contributed by atoms with Crippen LogP contribution in [-0.4, -0.2) is 35.5 Å². The highest BCUT2D eigenvalue weighted by atomic mass is 16.5. The molecule has 0 unspecified atom stereocenters. The Morgan fingerprint density at radius 3 is 1.02 bits per heavy atom. The Bertz CT molecular complexity index is 2480. The third-order valence-electron chi connectivity index (χ3n) is 10.1. The van der Waals surface area contributed by atoms with Crippen molar-refractivity contribution in [2.45, 2.75) is 6.92 Å². The van der Waals surface area contributed by atoms with Crippen LogP contribution in [0.2, 0.25) is 0 Å². The van der Waals surface area contributed by atoms with Crippen molar-refractivity contribution in [1.29, 1.82) is 0 Å². The molecule has 59 heavy (non-hydrogen) atoms. The molecule has 7 heteroatoms. The van der Waals surface area contributed by atoms with Gasteiger partial charge in [-0.25, -0.2) is 0 Å². The summed E-state index contributed by atoms with van der Waals surface area (Å²) in [5.41, 5.74) is 11.2. The van der Waals surface area contributed by atoms with Crippen LogP contribution in [0.25, 0.3) is 24.3 Å². The second-order valence-electron chi connectivity index (χ2n) is 13.8. The average molecular weight is 781 g/mol. The summed E-state index contributed by atoms with van der Waals surface area (Å²) in [6.07, 6.45) is 8.39. The topological polar surface area (TPSA) is 52.6 Å². The van der Waals surface area contributed by atoms with E-state index in [1.807, 2.05) is 60.7 Å². The number of aryl methyl sites for hydroxylation is 1. The van der Waals surface area contributed by atoms with E-state index in [2.05, 4.69) is 138 Å². The maximum absolute atomic E-state index is 5.94. The van der Waals surface area contributed by atoms with E-state index in [-0.39, 0.29) is 0 Å². The summed E-state index contributed by atoms with van der Waals surface area (Å²) in [4.78, 5) is 4.39. The Morgan fingerprint density at radius 1 is 0.339 bits per heavy atom. The maximum Gasteiger partial charge on any atom is 0.128 e. The lowest BCUT2D eigenvalue weighted by molar-refractivity contribution is 0.414. The van der Waals surface area contributed by atoms with Gasteiger partial charge in [0, 0.05) is 57.4 Å². The molecular weight excluding hydrogens is 733 g/mol. The number of hydrogen-bond acceptors (Lipinski definition) is 7. The van der Waals surface area contributed by atoms with Crippen LogP contribution in [0.4, 0.5) is 34.1 Å². The van der Waals surface area contributed by atoms with Crippen LogP contribution in [0, 0.1) is 6.92 Å². The highest BCUT2D eigenvalue weighted by molar-refractivity contribution is 5.83. The van der Waals surface area contributed by atoms with Gasteiger partial charge in [-0.3, -0.25) is 0 Å². The lowest BCUT2D eigenvalue weighted by Crippen LogP contribution is -2.10. The summed E-state index contributed by atoms with van der Waals surface area (Å²) in [5.74, 6) is 3.92. The molecule has 0 heterocycles. The molecule has 0 N–H and O–H groups in total. The van der Waals surface area contributed by atoms with Gasteiger partial charge in [-0.05, 0) is 133 Å². The molecule has 0 radical (unpaired) electrons. The van der Waals surface area contributed by atoms with E-state index < -0.39 is 0 Å². The molecule has 296 valence electrons. The smallest absolute Gasteiger partial charge is 0.128 e. The first-order valence-corrected chi connectivity index (χ1v) is 19.3. The lowest BCUT2D eigenvalue weighted by atomic mass is 10.1. The minimum atomic E-state index is 0.755. The zero-order valence-corrected chi connectivity index (χ0v) is 34.3. The summed E-state index contributed by atoms with van der Waals surface area (Å²) in [6.45, 7) is 2.09. The molecule has 0 aliphatic rings. The molecule has 0 fully saturated rings. The SMILES string of the molecule is COc1ccc(N(c2ccc(C)cc2)c2ccc(/C=C/c3cccc(/C=C/c4ccc(N(c5ccc(OC)cc5)c5ccc(OC)cc5)cc4OC)c3)c(OC)c2)cc1. The van der Waals surface area contributed by atoms with Crippen LogP contribution >= 0.6 is 0 Å². The fraction of sp³-hybridized carbons (Fsp3) is 0.115. The molecule has 0 aliphatic heterocycles. The van der Waals surface area contributed by atoms with E-state index in [0.29, 0.717) is 0 Å². The first-order valence-electron chi connectivity index (χ1n) is 19.3. The van der Waals surface area contributed by atoms with Crippen LogP contribution in [0.1, 0.15) is 27.8 Å². The van der Waals surface area contributed by atoms with E-state index >= 15 is 0 Å². The largest absolute Gasteiger partial charge is 0.497 e. The summed E-state index contributed by atoms with van der Waals surface area (Å²) in [6, 6.07) is 53.6. The normalized spacial score (nSPS) is 11.1. The number of benzene rings is 7. The molecule has 0 atom stereocenters. The van der Waals surface area contributed by atoms with Crippen LogP contribution < -0.4 is 33.5 Å². The van der Waals surface area contributed by atoms with Gasteiger partial charge < -0.3 is 33.5 Å². The second-order valence-corrected chi connectivity index (χ2v) is 13.8. The molecule has 0 saturated heterocycles. The highest BCUT2D eigenvalue weighted by Gasteiger charge is 2.17. The highest BCUT2D eigenvalue weighted by Crippen LogP contribution is 2.40. The van der Waals surface area contributed by atoms with Crippen LogP contribution in [-0.2, 0) is 0 Å². The fourth-order valence-electron chi connectivity index (χ4n) is 6.87. The van der Waals surface area contributed by atoms with E-state index in [9.17, 15) is 0 Å². The lowest BCUT2D eigenvalue weighted by Gasteiger charge is -2.26. The van der Waals surface area contributed by atoms with Crippen molar-refractivity contribution in [2.24, 2.45) is 0 Å². The van der Waals surface area contributed by atoms with Gasteiger partial charge in [-0.2, -0.15) is 0 Å². The summed E-state index contributed by atoms with van der Waals surface area (Å²) in [5, 5.41) is 0. The molecule has 0 spiro atoms. The van der Waals surface area contributed by atoms with Gasteiger partial charge in [0.1, 0.15) is 28.7 Å². The third kappa shape index (κ3) is 9.43. The monoisotopic (exact) mass is 780 g/mol. The molecule has 7 rings (SSSR count). The Labute approximate surface area is 347 Å². The summed E-state index contributed by atoms with van der Waals surface area (Å²) in [7, 11) is 8.43. The fourth-order valence-corrected chi connectivity index (χ4v) is 6.87. The molecule has 7 nitrogen and oxygen atoms in total. The standard InChI is InChI=1S/C52H48N2O5/c1-37-10-18-42(19-11-37)53(43-22-28-48(55-2)29-23-43)46-20-16-40(51(35-46)58-5)14-12-38-8-7-9-39(34-38)13-15-41-17-21-47(36-52(41)59-6)54(44-24-30-49(56-3)31-25-44)45-26-32-50(57-4)33-27-45/h7-36H,1-6H3/b14-12+,15-13+. The molecule has 7 aromatic rings. The number of anilines is 6. The van der Waals surface area contributed by atoms with Crippen molar-refractivity contribution in [3.05, 3.63) is 186 Å². The minimum absolute atomic E-state index is 0.755. The van der Waals surface area contributed by atoms with Crippen molar-refractivity contribution < 1.29 is 23.7 Å². The van der Waals surface area contributed by atoms with Gasteiger partial charge in [0.2, 0.25) is 0 Å². The molecule has 7 aromatic carbocycles. The number of nitrogens with zero attached hydrogens (tertiary/aromatic N) is 2. The number of rotatable bonds is 15. The van der Waals surface area contributed by atoms with Crippen LogP contribution in [0.3, 0.4) is 0 Å². The zero-order chi connectivity index (χ0) is 41.1. The quantitative estimate of drug-likeness (QED) is 0.0960. The summed E-state index contributed by atoms with van der Waals surface area (Å²) < 4.78 is 28.2. The molecular formula is C52H48N2O5. The Kier molecular flexibility index (Phi) is 12.6. The predicted octanol–water partition coefficient (Wildman–Crippen LogP) is 13.3. The van der Waals surface area contributed by atoms with Gasteiger partial charge in [-0.15, -0.1) is 0 Å². The van der Waals surface area contributed by atoms with Crippen LogP contribution in [0.5, 0.6) is 28.7 Å². The first kappa shape index (κ1) is 39.8. The molecule has 0 bridgehead atoms. The Morgan fingerprint density at radius 2 is 0.678 bits per heavy atom. The third-order valence-corrected chi connectivity index (χ3v) is 10.1. The van der Waals surface area contributed by atoms with E-state index in [4.69, 9.17) is 23.7 Å². The number of hydrogen-bond donors (Lipinski definition) is 0. The molecule has 0 aromatic heterocycles. The van der Waals surface area contributed by atoms with Gasteiger partial charge >= 0.3 is 0 Å². The molecule has 0 saturated carbocycles. The van der Waals surface area contributed by atoms with Crippen molar-refractivity contribution in [3.63, 3.8) is 0 Å². The first-order chi connectivity index (χ1) is 28.9. The van der Waals surface area contributed by atoms with Crippen molar-refractivity contribution in [3.8, 4) is 28.7 Å². The van der Waals surface area contributed by atoms with E-state index in [1.54, 1.807) is 35.5 Å². The maximum atomic E-state index is 5.94. The second kappa shape index (κ2) is 18.7. The van der Waals surface area contributed by atoms with Crippen molar-refractivity contribution >= 4 is 58.4 Å². The number of ether oxygens (including phenoxy) is 5. The van der Waals surface area contributed by atoms with Gasteiger partial charge in [0.15, 0.2) is 0 Å². The number of methoxy groups -OCH3 is 5. The van der Waals surface area contributed by atoms with E-state index in [1.165, 1.54) is 5.56 Å². The minimum Gasteiger partial charge on any atom is -0.497 e. The van der Waals surface area contributed by atoms with Gasteiger partial charge in [0.25, 0.3) is 0 Å². The van der Waals surface area contributed by atoms with Crippen LogP contribution in [0.15, 0.2) is 158 Å². The predicted molar refractivity (Wildman–Crippen MR) is 244 cm³/mol. The summed E-state index contributed by atoms with van der Waals surface area (Å²) >= 11 is 0. The molecule has 0 aliphatic carbocycles. The zero-order valence-electron chi connectivity index (χ0n) is 34.3. The average Bonchev–Trinajstić information content (AvgIpc) is 3.29. The van der Waals surface area contributed by atoms with Crippen molar-refractivity contribution in [1.82, 2.24) is 0 Å². The van der Waals surface area contributed by atoms with Crippen molar-refractivity contribution in [2.75, 3.05) is 45.3 Å². The van der Waals surface area contributed by atoms with Gasteiger partial charge in [0.05, 0.1) is 35.5 Å². The van der Waals surface area contributed by atoms with Gasteiger partial charge in [-0.1, -0.05) is 60.2 Å². The Hall–Kier alpha value is -7.38. The van der Waals surface area contributed by atoms with E-state index in [0.717, 1.165) is 85.1 Å². The Balaban J connectivity index is 1.12. The molecule has 0 amide bonds.